The summed E-state index contributed by atoms with van der Waals surface area (Å²) in [5.74, 6) is -5.58. The minimum absolute atomic E-state index is 0. The molecule has 366 valence electrons. The van der Waals surface area contributed by atoms with E-state index in [2.05, 4.69) is 16.0 Å². The number of hydrogen-bond acceptors (Lipinski definition) is 15. The molecule has 9 atom stereocenters. The van der Waals surface area contributed by atoms with E-state index in [9.17, 15) is 58.5 Å². The van der Waals surface area contributed by atoms with Crippen molar-refractivity contribution in [3.8, 4) is 0 Å². The van der Waals surface area contributed by atoms with E-state index in [1.165, 1.54) is 50.0 Å². The van der Waals surface area contributed by atoms with E-state index < -0.39 is 68.4 Å². The zero-order chi connectivity index (χ0) is 50.3. The van der Waals surface area contributed by atoms with Crippen LogP contribution in [0.3, 0.4) is 0 Å². The SMILES string of the molecule is CC1(C)SC2[C@H](NC(=O)Cc3ccccc3)C(=O)N2[C@H]1C(=O)[O-].CC1(C)SC2[C@H](NC(=O)Cc3ccccc3)C(=O)N2[C@H]1C(=O)[O-].CC1(C)SC2[C@H](NC(=O)Cc3ccccc3)C(=O)N2[C@H]1C(=O)[O-].[Al+3]. The topological polar surface area (TPSA) is 269 Å². The van der Waals surface area contributed by atoms with Crippen LogP contribution in [-0.2, 0) is 62.4 Å². The van der Waals surface area contributed by atoms with E-state index in [0.717, 1.165) is 16.7 Å². The fraction of sp³-hybridized carbons (Fsp3) is 0.438. The third-order valence-electron chi connectivity index (χ3n) is 12.6. The summed E-state index contributed by atoms with van der Waals surface area (Å²) in [6.45, 7) is 10.6. The Kier molecular flexibility index (Phi) is 16.2. The van der Waals surface area contributed by atoms with Crippen molar-refractivity contribution in [2.45, 2.75) is 127 Å². The Morgan fingerprint density at radius 2 is 0.657 bits per heavy atom. The zero-order valence-corrected chi connectivity index (χ0v) is 42.6. The zero-order valence-electron chi connectivity index (χ0n) is 39.0. The maximum absolute atomic E-state index is 12.2. The van der Waals surface area contributed by atoms with Crippen LogP contribution in [0.2, 0.25) is 0 Å². The fourth-order valence-corrected chi connectivity index (χ4v) is 14.3. The molecule has 6 fully saturated rings. The second-order valence-electron chi connectivity index (χ2n) is 18.9. The van der Waals surface area contributed by atoms with Gasteiger partial charge >= 0.3 is 17.4 Å². The predicted molar refractivity (Wildman–Crippen MR) is 255 cm³/mol. The fourth-order valence-electron chi connectivity index (χ4n) is 9.40. The van der Waals surface area contributed by atoms with Crippen molar-refractivity contribution >= 4 is 106 Å². The molecule has 9 rings (SSSR count). The maximum Gasteiger partial charge on any atom is 3.00 e. The number of carboxylic acids is 3. The number of aliphatic carboxylic acids is 3. The molecule has 3 aromatic carbocycles. The van der Waals surface area contributed by atoms with Gasteiger partial charge in [0.15, 0.2) is 0 Å². The Morgan fingerprint density at radius 3 is 0.857 bits per heavy atom. The van der Waals surface area contributed by atoms with Crippen molar-refractivity contribution in [3.05, 3.63) is 108 Å². The molecule has 0 radical (unpaired) electrons. The third kappa shape index (κ3) is 10.9. The normalized spacial score (nSPS) is 27.6. The predicted octanol–water partition coefficient (Wildman–Crippen LogP) is -1.80. The molecule has 0 spiro atoms. The number of fused-ring (bicyclic) bond motifs is 3. The van der Waals surface area contributed by atoms with Gasteiger partial charge in [0.2, 0.25) is 35.4 Å². The van der Waals surface area contributed by atoms with Crippen LogP contribution in [0.4, 0.5) is 0 Å². The van der Waals surface area contributed by atoms with Crippen molar-refractivity contribution in [2.24, 2.45) is 0 Å². The van der Waals surface area contributed by atoms with Crippen LogP contribution in [0, 0.1) is 0 Å². The van der Waals surface area contributed by atoms with E-state index in [1.807, 2.05) is 91.0 Å². The van der Waals surface area contributed by atoms with Crippen molar-refractivity contribution in [2.75, 3.05) is 0 Å². The van der Waals surface area contributed by atoms with Crippen LogP contribution in [0.25, 0.3) is 0 Å². The summed E-state index contributed by atoms with van der Waals surface area (Å²) in [4.78, 5) is 111. The molecule has 6 aliphatic heterocycles. The monoisotopic (exact) mass is 1030 g/mol. The summed E-state index contributed by atoms with van der Waals surface area (Å²) < 4.78 is -1.92. The van der Waals surface area contributed by atoms with Gasteiger partial charge in [-0.1, -0.05) is 91.0 Å². The molecule has 6 heterocycles. The van der Waals surface area contributed by atoms with E-state index in [-0.39, 0.29) is 88.2 Å². The summed E-state index contributed by atoms with van der Waals surface area (Å²) in [5.41, 5.74) is 2.59. The number of rotatable bonds is 12. The van der Waals surface area contributed by atoms with Gasteiger partial charge in [-0.3, -0.25) is 28.8 Å². The number of carbonyl (C=O) groups is 9. The average Bonchev–Trinajstić information content (AvgIpc) is 3.82. The van der Waals surface area contributed by atoms with Gasteiger partial charge in [-0.25, -0.2) is 0 Å². The summed E-state index contributed by atoms with van der Waals surface area (Å²) >= 11 is 4.15. The largest absolute Gasteiger partial charge is 3.00 e. The van der Waals surface area contributed by atoms with Gasteiger partial charge in [0.25, 0.3) is 0 Å². The molecule has 22 heteroatoms. The first-order valence-corrected chi connectivity index (χ1v) is 24.7. The van der Waals surface area contributed by atoms with Crippen LogP contribution in [0.15, 0.2) is 91.0 Å². The van der Waals surface area contributed by atoms with E-state index in [0.29, 0.717) is 0 Å². The van der Waals surface area contributed by atoms with Crippen molar-refractivity contribution < 1.29 is 58.5 Å². The number of carboxylic acid groups (broad SMARTS) is 3. The van der Waals surface area contributed by atoms with Gasteiger partial charge in [-0.05, 0) is 58.2 Å². The van der Waals surface area contributed by atoms with E-state index >= 15 is 0 Å². The van der Waals surface area contributed by atoms with Gasteiger partial charge in [-0.2, -0.15) is 0 Å². The Balaban J connectivity index is 0.000000171. The van der Waals surface area contributed by atoms with Crippen molar-refractivity contribution in [1.29, 1.82) is 0 Å². The van der Waals surface area contributed by atoms with Gasteiger partial charge in [0.05, 0.1) is 55.3 Å². The van der Waals surface area contributed by atoms with Gasteiger partial charge < -0.3 is 60.4 Å². The molecule has 6 amide bonds. The summed E-state index contributed by atoms with van der Waals surface area (Å²) in [5, 5.41) is 41.1. The third-order valence-corrected chi connectivity index (χ3v) is 17.3. The Morgan fingerprint density at radius 1 is 0.443 bits per heavy atom. The molecular weight excluding hydrogens is 976 g/mol. The van der Waals surface area contributed by atoms with Gasteiger partial charge in [-0.15, -0.1) is 35.3 Å². The number of thioether (sulfide) groups is 3. The first-order valence-electron chi connectivity index (χ1n) is 22.1. The minimum Gasteiger partial charge on any atom is -0.548 e. The number of carbonyl (C=O) groups excluding carboxylic acids is 9. The second-order valence-corrected chi connectivity index (χ2v) is 24.2. The molecule has 0 bridgehead atoms. The number of amides is 6. The van der Waals surface area contributed by atoms with Gasteiger partial charge in [0.1, 0.15) is 34.2 Å². The molecule has 0 aromatic heterocycles. The minimum atomic E-state index is -1.26. The first-order chi connectivity index (χ1) is 32.4. The first kappa shape index (κ1) is 53.8. The van der Waals surface area contributed by atoms with Crippen molar-refractivity contribution in [3.63, 3.8) is 0 Å². The van der Waals surface area contributed by atoms with Gasteiger partial charge in [0, 0.05) is 14.2 Å². The van der Waals surface area contributed by atoms with Crippen LogP contribution < -0.4 is 31.3 Å². The van der Waals surface area contributed by atoms with E-state index in [4.69, 9.17) is 0 Å². The molecule has 3 aromatic rings. The number of hydrogen-bond donors (Lipinski definition) is 3. The maximum atomic E-state index is 12.2. The number of benzene rings is 3. The molecule has 18 nitrogen and oxygen atoms in total. The summed E-state index contributed by atoms with van der Waals surface area (Å²) in [6.07, 6.45) is 0.569. The Hall–Kier alpha value is -5.53. The van der Waals surface area contributed by atoms with Crippen LogP contribution >= 0.6 is 35.3 Å². The van der Waals surface area contributed by atoms with Crippen LogP contribution in [0.5, 0.6) is 0 Å². The summed E-state index contributed by atoms with van der Waals surface area (Å²) in [6, 6.07) is 22.8. The number of β-lactam (4-membered cyclic amide) rings is 3. The molecule has 3 N–H and O–H groups in total. The molecule has 3 unspecified atom stereocenters. The molecule has 0 aliphatic carbocycles. The molecule has 6 aliphatic rings. The molecular formula is C48H51AlN6O12S3. The Labute approximate surface area is 427 Å². The average molecular weight is 1030 g/mol. The second kappa shape index (κ2) is 21.1. The number of nitrogens with one attached hydrogen (secondary N) is 3. The van der Waals surface area contributed by atoms with Crippen LogP contribution in [-0.4, -0.2) is 152 Å². The van der Waals surface area contributed by atoms with Crippen molar-refractivity contribution in [1.82, 2.24) is 30.7 Å². The standard InChI is InChI=1S/3C16H18N2O4S.Al/c3*1-16(2)12(15(21)22)18-13(20)11(14(18)23-16)17-10(19)8-9-6-4-3-5-7-9;/h3*3-7,11-12,14H,8H2,1-2H3,(H,17,19)(H,21,22);/q;;;+3/p-3/t3*11-,12+,14?;/m111./s1. The summed E-state index contributed by atoms with van der Waals surface area (Å²) in [7, 11) is 0. The molecule has 6 saturated heterocycles. The number of nitrogens with zero attached hydrogens (tertiary/aromatic N) is 3. The molecule has 70 heavy (non-hydrogen) atoms. The molecule has 0 saturated carbocycles. The van der Waals surface area contributed by atoms with E-state index in [1.54, 1.807) is 41.5 Å². The smallest absolute Gasteiger partial charge is 0.548 e. The Bertz CT molecular complexity index is 2270. The van der Waals surface area contributed by atoms with Crippen LogP contribution in [0.1, 0.15) is 58.2 Å². The quantitative estimate of drug-likeness (QED) is 0.133.